The van der Waals surface area contributed by atoms with Crippen molar-refractivity contribution in [2.24, 2.45) is 0 Å². The maximum absolute atomic E-state index is 12.5. The Balaban J connectivity index is 2.33. The number of aryl methyl sites for hydroxylation is 1. The zero-order chi connectivity index (χ0) is 14.0. The average molecular weight is 299 g/mol. The molecule has 0 amide bonds. The molecule has 0 N–H and O–H groups in total. The Morgan fingerprint density at radius 3 is 2.68 bits per heavy atom. The predicted octanol–water partition coefficient (Wildman–Crippen LogP) is 2.72. The van der Waals surface area contributed by atoms with Crippen molar-refractivity contribution in [1.29, 1.82) is 5.26 Å². The van der Waals surface area contributed by atoms with Gasteiger partial charge in [-0.05, 0) is 37.5 Å². The summed E-state index contributed by atoms with van der Waals surface area (Å²) < 4.78 is 26.5. The number of nitriles is 1. The molecule has 0 saturated heterocycles. The highest BCUT2D eigenvalue weighted by Crippen LogP contribution is 2.33. The monoisotopic (exact) mass is 298 g/mol. The minimum Gasteiger partial charge on any atom is -0.207 e. The summed E-state index contributed by atoms with van der Waals surface area (Å²) in [4.78, 5) is 0.202. The topological polar surface area (TPSA) is 61.2 Å². The standard InChI is InChI=1S/C13H15ClN2O2S/c1-10-3-6-12(9-13(10)14)19(17,18)16(8-2-7-15)11-4-5-11/h3,6,9,11H,2,4-5,8H2,1H3. The molecule has 0 radical (unpaired) electrons. The van der Waals surface area contributed by atoms with E-state index in [2.05, 4.69) is 0 Å². The van der Waals surface area contributed by atoms with Gasteiger partial charge in [0.2, 0.25) is 10.0 Å². The van der Waals surface area contributed by atoms with Crippen LogP contribution >= 0.6 is 11.6 Å². The quantitative estimate of drug-likeness (QED) is 0.839. The van der Waals surface area contributed by atoms with E-state index < -0.39 is 10.0 Å². The molecule has 0 atom stereocenters. The molecular weight excluding hydrogens is 284 g/mol. The minimum absolute atomic E-state index is 0.0402. The predicted molar refractivity (Wildman–Crippen MR) is 73.3 cm³/mol. The van der Waals surface area contributed by atoms with E-state index in [4.69, 9.17) is 16.9 Å². The normalized spacial score (nSPS) is 15.5. The second-order valence-electron chi connectivity index (χ2n) is 4.67. The Labute approximate surface area is 118 Å². The zero-order valence-corrected chi connectivity index (χ0v) is 12.2. The summed E-state index contributed by atoms with van der Waals surface area (Å²) in [6.07, 6.45) is 1.93. The van der Waals surface area contributed by atoms with Crippen LogP contribution in [0, 0.1) is 18.3 Å². The lowest BCUT2D eigenvalue weighted by Gasteiger charge is -2.21. The van der Waals surface area contributed by atoms with E-state index in [1.807, 2.05) is 13.0 Å². The fourth-order valence-electron chi connectivity index (χ4n) is 1.89. The fourth-order valence-corrected chi connectivity index (χ4v) is 3.85. The fraction of sp³-hybridized carbons (Fsp3) is 0.462. The lowest BCUT2D eigenvalue weighted by molar-refractivity contribution is 0.411. The Morgan fingerprint density at radius 1 is 1.47 bits per heavy atom. The van der Waals surface area contributed by atoms with Crippen LogP contribution < -0.4 is 0 Å². The van der Waals surface area contributed by atoms with Crippen LogP contribution in [0.25, 0.3) is 0 Å². The van der Waals surface area contributed by atoms with Gasteiger partial charge in [-0.1, -0.05) is 17.7 Å². The average Bonchev–Trinajstić information content (AvgIpc) is 3.17. The summed E-state index contributed by atoms with van der Waals surface area (Å²) in [5.74, 6) is 0. The first-order chi connectivity index (χ1) is 8.96. The largest absolute Gasteiger partial charge is 0.243 e. The number of halogens is 1. The first-order valence-corrected chi connectivity index (χ1v) is 7.93. The van der Waals surface area contributed by atoms with Gasteiger partial charge in [-0.2, -0.15) is 9.57 Å². The second-order valence-corrected chi connectivity index (χ2v) is 6.96. The maximum Gasteiger partial charge on any atom is 0.243 e. The van der Waals surface area contributed by atoms with Crippen molar-refractivity contribution >= 4 is 21.6 Å². The van der Waals surface area contributed by atoms with Crippen LogP contribution in [0.3, 0.4) is 0 Å². The first-order valence-electron chi connectivity index (χ1n) is 6.12. The van der Waals surface area contributed by atoms with Gasteiger partial charge in [-0.25, -0.2) is 8.42 Å². The molecule has 1 aliphatic rings. The smallest absolute Gasteiger partial charge is 0.207 e. The third-order valence-corrected chi connectivity index (χ3v) is 5.50. The van der Waals surface area contributed by atoms with Gasteiger partial charge in [0.05, 0.1) is 11.0 Å². The van der Waals surface area contributed by atoms with Gasteiger partial charge in [-0.3, -0.25) is 0 Å². The molecule has 1 fully saturated rings. The van der Waals surface area contributed by atoms with Crippen LogP contribution in [0.15, 0.2) is 23.1 Å². The lowest BCUT2D eigenvalue weighted by atomic mass is 10.2. The molecule has 0 aromatic heterocycles. The van der Waals surface area contributed by atoms with Crippen molar-refractivity contribution in [3.8, 4) is 6.07 Å². The van der Waals surface area contributed by atoms with E-state index in [1.54, 1.807) is 12.1 Å². The summed E-state index contributed by atoms with van der Waals surface area (Å²) in [5, 5.41) is 9.08. The van der Waals surface area contributed by atoms with Gasteiger partial charge in [0.1, 0.15) is 0 Å². The first kappa shape index (κ1) is 14.3. The van der Waals surface area contributed by atoms with E-state index in [0.717, 1.165) is 18.4 Å². The molecule has 1 aromatic rings. The zero-order valence-electron chi connectivity index (χ0n) is 10.6. The van der Waals surface area contributed by atoms with Crippen LogP contribution in [-0.4, -0.2) is 25.3 Å². The van der Waals surface area contributed by atoms with Crippen molar-refractivity contribution in [2.45, 2.75) is 37.1 Å². The highest BCUT2D eigenvalue weighted by molar-refractivity contribution is 7.89. The second kappa shape index (κ2) is 5.49. The molecule has 0 spiro atoms. The third-order valence-electron chi connectivity index (χ3n) is 3.15. The number of sulfonamides is 1. The van der Waals surface area contributed by atoms with Gasteiger partial charge in [0, 0.05) is 24.0 Å². The molecule has 0 heterocycles. The molecule has 0 unspecified atom stereocenters. The van der Waals surface area contributed by atoms with Crippen LogP contribution in [-0.2, 0) is 10.0 Å². The van der Waals surface area contributed by atoms with Crippen LogP contribution in [0.4, 0.5) is 0 Å². The Hall–Kier alpha value is -1.09. The maximum atomic E-state index is 12.5. The Morgan fingerprint density at radius 2 is 2.16 bits per heavy atom. The van der Waals surface area contributed by atoms with Gasteiger partial charge in [0.15, 0.2) is 0 Å². The third kappa shape index (κ3) is 3.08. The number of hydrogen-bond acceptors (Lipinski definition) is 3. The highest BCUT2D eigenvalue weighted by atomic mass is 35.5. The highest BCUT2D eigenvalue weighted by Gasteiger charge is 2.37. The number of rotatable bonds is 5. The molecule has 1 aromatic carbocycles. The van der Waals surface area contributed by atoms with Crippen molar-refractivity contribution < 1.29 is 8.42 Å². The molecular formula is C13H15ClN2O2S. The van der Waals surface area contributed by atoms with E-state index in [1.165, 1.54) is 10.4 Å². The summed E-state index contributed by atoms with van der Waals surface area (Å²) in [7, 11) is -3.55. The van der Waals surface area contributed by atoms with Crippen LogP contribution in [0.5, 0.6) is 0 Å². The van der Waals surface area contributed by atoms with Gasteiger partial charge >= 0.3 is 0 Å². The van der Waals surface area contributed by atoms with Crippen molar-refractivity contribution in [3.63, 3.8) is 0 Å². The SMILES string of the molecule is Cc1ccc(S(=O)(=O)N(CCC#N)C2CC2)cc1Cl. The van der Waals surface area contributed by atoms with Crippen molar-refractivity contribution in [2.75, 3.05) is 6.54 Å². The summed E-state index contributed by atoms with van der Waals surface area (Å²) >= 11 is 5.99. The van der Waals surface area contributed by atoms with E-state index in [9.17, 15) is 8.42 Å². The van der Waals surface area contributed by atoms with Gasteiger partial charge in [-0.15, -0.1) is 0 Å². The number of nitrogens with zero attached hydrogens (tertiary/aromatic N) is 2. The molecule has 0 aliphatic heterocycles. The molecule has 19 heavy (non-hydrogen) atoms. The minimum atomic E-state index is -3.55. The molecule has 2 rings (SSSR count). The molecule has 4 nitrogen and oxygen atoms in total. The van der Waals surface area contributed by atoms with Crippen LogP contribution in [0.1, 0.15) is 24.8 Å². The summed E-state index contributed by atoms with van der Waals surface area (Å²) in [6.45, 7) is 2.07. The Kier molecular flexibility index (Phi) is 4.14. The molecule has 0 bridgehead atoms. The van der Waals surface area contributed by atoms with Crippen molar-refractivity contribution in [1.82, 2.24) is 4.31 Å². The van der Waals surface area contributed by atoms with E-state index in [0.29, 0.717) is 5.02 Å². The molecule has 1 aliphatic carbocycles. The van der Waals surface area contributed by atoms with Crippen LogP contribution in [0.2, 0.25) is 5.02 Å². The van der Waals surface area contributed by atoms with E-state index >= 15 is 0 Å². The summed E-state index contributed by atoms with van der Waals surface area (Å²) in [5.41, 5.74) is 0.843. The number of hydrogen-bond donors (Lipinski definition) is 0. The van der Waals surface area contributed by atoms with Crippen molar-refractivity contribution in [3.05, 3.63) is 28.8 Å². The summed E-state index contributed by atoms with van der Waals surface area (Å²) in [6, 6.07) is 6.78. The Bertz CT molecular complexity index is 618. The number of benzene rings is 1. The molecule has 102 valence electrons. The van der Waals surface area contributed by atoms with E-state index in [-0.39, 0.29) is 23.9 Å². The lowest BCUT2D eigenvalue weighted by Crippen LogP contribution is -2.34. The molecule has 6 heteroatoms. The van der Waals surface area contributed by atoms with Gasteiger partial charge in [0.25, 0.3) is 0 Å². The van der Waals surface area contributed by atoms with Gasteiger partial charge < -0.3 is 0 Å². The molecule has 1 saturated carbocycles.